The van der Waals surface area contributed by atoms with Crippen molar-refractivity contribution in [3.05, 3.63) is 29.3 Å². The van der Waals surface area contributed by atoms with Gasteiger partial charge in [-0.2, -0.15) is 0 Å². The Morgan fingerprint density at radius 3 is 3.04 bits per heavy atom. The smallest absolute Gasteiger partial charge is 0.237 e. The number of ether oxygens (including phenoxy) is 1. The highest BCUT2D eigenvalue weighted by atomic mass is 32.2. The SMILES string of the molecule is COCCNc1nnc(S[C@H](C)C(=O)Nc2ccc3c(c2)CCC3)s1. The van der Waals surface area contributed by atoms with E-state index in [2.05, 4.69) is 33.0 Å². The number of rotatable bonds is 8. The molecule has 25 heavy (non-hydrogen) atoms. The third-order valence-electron chi connectivity index (χ3n) is 4.00. The van der Waals surface area contributed by atoms with E-state index < -0.39 is 0 Å². The number of amides is 1. The van der Waals surface area contributed by atoms with Crippen LogP contribution in [0.25, 0.3) is 0 Å². The second kappa shape index (κ2) is 8.64. The number of thioether (sulfide) groups is 1. The Balaban J connectivity index is 1.52. The summed E-state index contributed by atoms with van der Waals surface area (Å²) in [6.45, 7) is 3.18. The number of anilines is 2. The second-order valence-corrected chi connectivity index (χ2v) is 8.44. The molecule has 0 fully saturated rings. The molecule has 134 valence electrons. The zero-order valence-corrected chi connectivity index (χ0v) is 16.0. The lowest BCUT2D eigenvalue weighted by atomic mass is 10.1. The van der Waals surface area contributed by atoms with E-state index in [1.54, 1.807) is 7.11 Å². The Hall–Kier alpha value is -1.64. The van der Waals surface area contributed by atoms with Crippen LogP contribution in [-0.2, 0) is 22.4 Å². The maximum absolute atomic E-state index is 12.4. The van der Waals surface area contributed by atoms with Gasteiger partial charge in [0.1, 0.15) is 0 Å². The number of aromatic nitrogens is 2. The zero-order chi connectivity index (χ0) is 17.6. The first-order valence-corrected chi connectivity index (χ1v) is 10.0. The fraction of sp³-hybridized carbons (Fsp3) is 0.471. The molecule has 8 heteroatoms. The van der Waals surface area contributed by atoms with Crippen LogP contribution in [0.5, 0.6) is 0 Å². The summed E-state index contributed by atoms with van der Waals surface area (Å²) in [7, 11) is 1.66. The highest BCUT2D eigenvalue weighted by Crippen LogP contribution is 2.30. The van der Waals surface area contributed by atoms with E-state index in [9.17, 15) is 4.79 Å². The molecule has 0 aliphatic heterocycles. The number of nitrogens with zero attached hydrogens (tertiary/aromatic N) is 2. The van der Waals surface area contributed by atoms with Crippen LogP contribution in [0, 0.1) is 0 Å². The van der Waals surface area contributed by atoms with E-state index in [1.807, 2.05) is 13.0 Å². The highest BCUT2D eigenvalue weighted by Gasteiger charge is 2.18. The molecule has 3 rings (SSSR count). The van der Waals surface area contributed by atoms with Crippen LogP contribution >= 0.6 is 23.1 Å². The number of hydrogen-bond acceptors (Lipinski definition) is 7. The highest BCUT2D eigenvalue weighted by molar-refractivity contribution is 8.02. The number of carbonyl (C=O) groups is 1. The second-order valence-electron chi connectivity index (χ2n) is 5.88. The summed E-state index contributed by atoms with van der Waals surface area (Å²) < 4.78 is 5.76. The van der Waals surface area contributed by atoms with Crippen LogP contribution in [0.2, 0.25) is 0 Å². The molecule has 0 radical (unpaired) electrons. The van der Waals surface area contributed by atoms with Crippen molar-refractivity contribution in [1.82, 2.24) is 10.2 Å². The van der Waals surface area contributed by atoms with Gasteiger partial charge in [0.25, 0.3) is 0 Å². The van der Waals surface area contributed by atoms with Crippen molar-refractivity contribution in [2.75, 3.05) is 30.9 Å². The molecule has 1 aromatic carbocycles. The van der Waals surface area contributed by atoms with E-state index in [-0.39, 0.29) is 11.2 Å². The molecule has 0 spiro atoms. The van der Waals surface area contributed by atoms with Gasteiger partial charge >= 0.3 is 0 Å². The van der Waals surface area contributed by atoms with E-state index >= 15 is 0 Å². The van der Waals surface area contributed by atoms with Crippen LogP contribution in [0.3, 0.4) is 0 Å². The minimum Gasteiger partial charge on any atom is -0.383 e. The average Bonchev–Trinajstić information content (AvgIpc) is 3.24. The number of hydrogen-bond donors (Lipinski definition) is 2. The lowest BCUT2D eigenvalue weighted by molar-refractivity contribution is -0.115. The van der Waals surface area contributed by atoms with Crippen molar-refractivity contribution in [2.24, 2.45) is 0 Å². The van der Waals surface area contributed by atoms with Gasteiger partial charge in [-0.05, 0) is 49.4 Å². The van der Waals surface area contributed by atoms with Gasteiger partial charge in [0, 0.05) is 19.3 Å². The molecule has 0 unspecified atom stereocenters. The first-order valence-electron chi connectivity index (χ1n) is 8.31. The van der Waals surface area contributed by atoms with Crippen molar-refractivity contribution < 1.29 is 9.53 Å². The first-order chi connectivity index (χ1) is 12.2. The van der Waals surface area contributed by atoms with Crippen LogP contribution in [0.15, 0.2) is 22.5 Å². The van der Waals surface area contributed by atoms with E-state index in [4.69, 9.17) is 4.74 Å². The molecular formula is C17H22N4O2S2. The lowest BCUT2D eigenvalue weighted by Gasteiger charge is -2.11. The predicted octanol–water partition coefficient (Wildman–Crippen LogP) is 3.20. The Morgan fingerprint density at radius 1 is 1.36 bits per heavy atom. The molecule has 0 bridgehead atoms. The summed E-state index contributed by atoms with van der Waals surface area (Å²) in [5.74, 6) is -0.0213. The predicted molar refractivity (Wildman–Crippen MR) is 103 cm³/mol. The van der Waals surface area contributed by atoms with Crippen molar-refractivity contribution >= 4 is 39.8 Å². The lowest BCUT2D eigenvalue weighted by Crippen LogP contribution is -2.22. The largest absolute Gasteiger partial charge is 0.383 e. The van der Waals surface area contributed by atoms with Gasteiger partial charge in [-0.3, -0.25) is 4.79 Å². The maximum atomic E-state index is 12.4. The molecule has 1 heterocycles. The zero-order valence-electron chi connectivity index (χ0n) is 14.4. The first kappa shape index (κ1) is 18.2. The van der Waals surface area contributed by atoms with Crippen LogP contribution in [-0.4, -0.2) is 41.6 Å². The Morgan fingerprint density at radius 2 is 2.20 bits per heavy atom. The van der Waals surface area contributed by atoms with Crippen molar-refractivity contribution in [1.29, 1.82) is 0 Å². The summed E-state index contributed by atoms with van der Waals surface area (Å²) in [6.07, 6.45) is 3.46. The molecular weight excluding hydrogens is 356 g/mol. The number of fused-ring (bicyclic) bond motifs is 1. The van der Waals surface area contributed by atoms with Gasteiger partial charge in [0.2, 0.25) is 11.0 Å². The molecule has 1 aromatic heterocycles. The van der Waals surface area contributed by atoms with Crippen LogP contribution in [0.1, 0.15) is 24.5 Å². The van der Waals surface area contributed by atoms with E-state index in [0.717, 1.165) is 28.0 Å². The summed E-state index contributed by atoms with van der Waals surface area (Å²) >= 11 is 2.86. The van der Waals surface area contributed by atoms with E-state index in [1.165, 1.54) is 40.6 Å². The topological polar surface area (TPSA) is 76.1 Å². The molecule has 1 aliphatic rings. The monoisotopic (exact) mass is 378 g/mol. The summed E-state index contributed by atoms with van der Waals surface area (Å²) in [4.78, 5) is 12.4. The van der Waals surface area contributed by atoms with Gasteiger partial charge in [0.15, 0.2) is 4.34 Å². The third kappa shape index (κ3) is 4.93. The maximum Gasteiger partial charge on any atom is 0.237 e. The van der Waals surface area contributed by atoms with Gasteiger partial charge in [-0.1, -0.05) is 29.2 Å². The molecule has 2 N–H and O–H groups in total. The van der Waals surface area contributed by atoms with E-state index in [0.29, 0.717) is 13.2 Å². The molecule has 1 aliphatic carbocycles. The average molecular weight is 379 g/mol. The van der Waals surface area contributed by atoms with Gasteiger partial charge < -0.3 is 15.4 Å². The molecule has 0 saturated heterocycles. The Bertz CT molecular complexity index is 735. The normalized spacial score (nSPS) is 14.2. The van der Waals surface area contributed by atoms with Crippen molar-refractivity contribution in [3.63, 3.8) is 0 Å². The fourth-order valence-electron chi connectivity index (χ4n) is 2.69. The van der Waals surface area contributed by atoms with Crippen LogP contribution < -0.4 is 10.6 Å². The summed E-state index contributed by atoms with van der Waals surface area (Å²) in [6, 6.07) is 6.21. The minimum atomic E-state index is -0.243. The molecule has 1 atom stereocenters. The number of aryl methyl sites for hydroxylation is 2. The van der Waals surface area contributed by atoms with Crippen LogP contribution in [0.4, 0.5) is 10.8 Å². The molecule has 6 nitrogen and oxygen atoms in total. The van der Waals surface area contributed by atoms with Crippen molar-refractivity contribution in [2.45, 2.75) is 35.8 Å². The standard InChI is InChI=1S/C17H22N4O2S2/c1-11(24-17-21-20-16(25-17)18-8-9-23-2)15(22)19-14-7-6-12-4-3-5-13(12)10-14/h6-7,10-11H,3-5,8-9H2,1-2H3,(H,18,20)(H,19,22)/t11-/m1/s1. The Kier molecular flexibility index (Phi) is 6.28. The quantitative estimate of drug-likeness (QED) is 0.543. The van der Waals surface area contributed by atoms with Crippen molar-refractivity contribution in [3.8, 4) is 0 Å². The fourth-order valence-corrected chi connectivity index (χ4v) is 4.61. The minimum absolute atomic E-state index is 0.0213. The summed E-state index contributed by atoms with van der Waals surface area (Å²) in [5.41, 5.74) is 3.63. The third-order valence-corrected chi connectivity index (χ3v) is 6.07. The number of methoxy groups -OCH3 is 1. The Labute approximate surface area is 155 Å². The molecule has 2 aromatic rings. The van der Waals surface area contributed by atoms with Gasteiger partial charge in [-0.15, -0.1) is 10.2 Å². The summed E-state index contributed by atoms with van der Waals surface area (Å²) in [5, 5.41) is 14.8. The van der Waals surface area contributed by atoms with Gasteiger partial charge in [0.05, 0.1) is 11.9 Å². The number of benzene rings is 1. The molecule has 1 amide bonds. The number of carbonyl (C=O) groups excluding carboxylic acids is 1. The van der Waals surface area contributed by atoms with Gasteiger partial charge in [-0.25, -0.2) is 0 Å². The molecule has 0 saturated carbocycles. The number of nitrogens with one attached hydrogen (secondary N) is 2.